The highest BCUT2D eigenvalue weighted by molar-refractivity contribution is 5.77. The maximum Gasteiger partial charge on any atom is 0.312 e. The first-order valence-electron chi connectivity index (χ1n) is 12.0. The highest BCUT2D eigenvalue weighted by Crippen LogP contribution is 2.56. The smallest absolute Gasteiger partial charge is 0.312 e. The van der Waals surface area contributed by atoms with Crippen molar-refractivity contribution >= 4 is 23.9 Å². The third-order valence-corrected chi connectivity index (χ3v) is 7.88. The Bertz CT molecular complexity index is 952. The van der Waals surface area contributed by atoms with Crippen LogP contribution < -0.4 is 0 Å². The summed E-state index contributed by atoms with van der Waals surface area (Å²) in [5, 5.41) is 12.2. The maximum atomic E-state index is 12.7. The average molecular weight is 493 g/mol. The van der Waals surface area contributed by atoms with Gasteiger partial charge in [0.1, 0.15) is 18.3 Å². The summed E-state index contributed by atoms with van der Waals surface area (Å²) in [7, 11) is 0. The summed E-state index contributed by atoms with van der Waals surface area (Å²) in [6.45, 7) is 13.2. The highest BCUT2D eigenvalue weighted by atomic mass is 16.6. The predicted octanol–water partition coefficient (Wildman–Crippen LogP) is 2.79. The molecule has 0 amide bonds. The number of hydrogen-bond donors (Lipinski definition) is 1. The van der Waals surface area contributed by atoms with E-state index in [0.29, 0.717) is 31.3 Å². The largest absolute Gasteiger partial charge is 0.462 e. The zero-order valence-electron chi connectivity index (χ0n) is 21.3. The molecule has 1 N–H and O–H groups in total. The second kappa shape index (κ2) is 9.76. The zero-order valence-corrected chi connectivity index (χ0v) is 21.3. The van der Waals surface area contributed by atoms with Crippen molar-refractivity contribution in [2.45, 2.75) is 97.2 Å². The van der Waals surface area contributed by atoms with Gasteiger partial charge in [0.25, 0.3) is 0 Å². The van der Waals surface area contributed by atoms with Crippen LogP contribution in [0.25, 0.3) is 0 Å². The molecule has 0 aromatic carbocycles. The molecule has 1 saturated heterocycles. The monoisotopic (exact) mass is 492 g/mol. The molecule has 3 aliphatic rings. The van der Waals surface area contributed by atoms with Crippen LogP contribution in [0.4, 0.5) is 0 Å². The van der Waals surface area contributed by atoms with Crippen LogP contribution in [0.3, 0.4) is 0 Å². The van der Waals surface area contributed by atoms with Crippen LogP contribution >= 0.6 is 0 Å². The molecule has 0 unspecified atom stereocenters. The number of fused-ring (bicyclic) bond motifs is 2. The van der Waals surface area contributed by atoms with E-state index in [2.05, 4.69) is 6.58 Å². The summed E-state index contributed by atoms with van der Waals surface area (Å²) in [4.78, 5) is 49.4. The van der Waals surface area contributed by atoms with E-state index in [1.165, 1.54) is 27.7 Å². The normalized spacial score (nSPS) is 40.8. The summed E-state index contributed by atoms with van der Waals surface area (Å²) < 4.78 is 23.0. The van der Waals surface area contributed by atoms with E-state index in [-0.39, 0.29) is 0 Å². The molecule has 0 aromatic rings. The molecule has 3 rings (SSSR count). The van der Waals surface area contributed by atoms with Crippen molar-refractivity contribution in [3.63, 3.8) is 0 Å². The Balaban J connectivity index is 2.33. The van der Waals surface area contributed by atoms with E-state index in [1.54, 1.807) is 13.0 Å². The van der Waals surface area contributed by atoms with Crippen LogP contribution in [-0.4, -0.2) is 59.0 Å². The Morgan fingerprint density at radius 2 is 1.54 bits per heavy atom. The molecule has 1 saturated carbocycles. The number of aliphatic hydroxyl groups is 1. The first kappa shape index (κ1) is 26.9. The average Bonchev–Trinajstić information content (AvgIpc) is 2.95. The minimum absolute atomic E-state index is 0.376. The molecule has 0 radical (unpaired) electrons. The Hall–Kier alpha value is -2.68. The molecule has 0 bridgehead atoms. The molecule has 194 valence electrons. The van der Waals surface area contributed by atoms with E-state index in [9.17, 15) is 24.3 Å². The van der Waals surface area contributed by atoms with Crippen LogP contribution in [0.1, 0.15) is 67.2 Å². The molecule has 9 heteroatoms. The number of hydrogen-bond acceptors (Lipinski definition) is 9. The fourth-order valence-corrected chi connectivity index (χ4v) is 6.10. The van der Waals surface area contributed by atoms with Gasteiger partial charge in [-0.3, -0.25) is 19.2 Å². The van der Waals surface area contributed by atoms with Gasteiger partial charge in [0.05, 0.1) is 11.3 Å². The Morgan fingerprint density at radius 1 is 1.03 bits per heavy atom. The number of ether oxygens (including phenoxy) is 4. The van der Waals surface area contributed by atoms with Gasteiger partial charge in [-0.15, -0.1) is 0 Å². The Kier molecular flexibility index (Phi) is 7.50. The van der Waals surface area contributed by atoms with Crippen molar-refractivity contribution in [3.05, 3.63) is 23.8 Å². The maximum absolute atomic E-state index is 12.7. The van der Waals surface area contributed by atoms with Gasteiger partial charge in [-0.1, -0.05) is 24.6 Å². The van der Waals surface area contributed by atoms with Gasteiger partial charge in [0.15, 0.2) is 11.7 Å². The summed E-state index contributed by atoms with van der Waals surface area (Å²) in [6.07, 6.45) is -0.497. The predicted molar refractivity (Wildman–Crippen MR) is 124 cm³/mol. The number of carbonyl (C=O) groups excluding carboxylic acids is 4. The van der Waals surface area contributed by atoms with Crippen LogP contribution in [0, 0.1) is 17.3 Å². The fourth-order valence-electron chi connectivity index (χ4n) is 6.10. The van der Waals surface area contributed by atoms with Gasteiger partial charge in [0, 0.05) is 26.7 Å². The van der Waals surface area contributed by atoms with E-state index in [4.69, 9.17) is 18.9 Å². The molecule has 2 fully saturated rings. The summed E-state index contributed by atoms with van der Waals surface area (Å²) in [6, 6.07) is 0. The van der Waals surface area contributed by atoms with Gasteiger partial charge in [-0.2, -0.15) is 0 Å². The van der Waals surface area contributed by atoms with E-state index < -0.39 is 71.1 Å². The van der Waals surface area contributed by atoms with Crippen molar-refractivity contribution in [1.82, 2.24) is 0 Å². The standard InChI is InChI=1S/C26H36O9/c1-13-8-10-19(32-16(4)27)25(7)20(33-17(5)28)11-9-14(2)22(25)23(34-18(6)29)26(31)15(3)24(30)35-21(26)12-13/h12,15,19-23,31H,2,8-11H2,1,3-7H3/b13-12-/t15-,19+,20-,21-,22+,23+,25-,26+/m0/s1. The van der Waals surface area contributed by atoms with Crippen molar-refractivity contribution in [2.24, 2.45) is 17.3 Å². The van der Waals surface area contributed by atoms with Gasteiger partial charge in [0.2, 0.25) is 0 Å². The highest BCUT2D eigenvalue weighted by Gasteiger charge is 2.67. The number of rotatable bonds is 3. The molecule has 35 heavy (non-hydrogen) atoms. The first-order valence-corrected chi connectivity index (χ1v) is 12.0. The lowest BCUT2D eigenvalue weighted by molar-refractivity contribution is -0.219. The molecule has 1 aliphatic heterocycles. The molecule has 0 aromatic heterocycles. The molecule has 9 nitrogen and oxygen atoms in total. The van der Waals surface area contributed by atoms with Crippen LogP contribution in [0.2, 0.25) is 0 Å². The summed E-state index contributed by atoms with van der Waals surface area (Å²) in [5.74, 6) is -4.15. The molecule has 1 heterocycles. The van der Waals surface area contributed by atoms with Crippen molar-refractivity contribution in [1.29, 1.82) is 0 Å². The van der Waals surface area contributed by atoms with Gasteiger partial charge in [-0.25, -0.2) is 0 Å². The summed E-state index contributed by atoms with van der Waals surface area (Å²) in [5.41, 5.74) is -1.63. The number of allylic oxidation sites excluding steroid dienone is 1. The lowest BCUT2D eigenvalue weighted by atomic mass is 9.55. The lowest BCUT2D eigenvalue weighted by Gasteiger charge is -2.55. The first-order chi connectivity index (χ1) is 16.2. The SMILES string of the molecule is C=C1CC[C@H](OC(C)=O)[C@@]2(C)[C@H]1[C@@H](OC(C)=O)[C@]1(O)[C@H](/C=C(/C)CC[C@H]2OC(C)=O)OC(=O)[C@@H]1C. The second-order valence-electron chi connectivity index (χ2n) is 10.3. The number of carbonyl (C=O) groups is 4. The van der Waals surface area contributed by atoms with Crippen LogP contribution in [0.15, 0.2) is 23.8 Å². The molecule has 0 spiro atoms. The molecular formula is C26H36O9. The van der Waals surface area contributed by atoms with E-state index in [1.807, 2.05) is 6.92 Å². The van der Waals surface area contributed by atoms with Crippen molar-refractivity contribution in [2.75, 3.05) is 0 Å². The minimum Gasteiger partial charge on any atom is -0.462 e. The topological polar surface area (TPSA) is 125 Å². The fraction of sp³-hybridized carbons (Fsp3) is 0.692. The van der Waals surface area contributed by atoms with Crippen LogP contribution in [0.5, 0.6) is 0 Å². The quantitative estimate of drug-likeness (QED) is 0.359. The van der Waals surface area contributed by atoms with Gasteiger partial charge >= 0.3 is 23.9 Å². The zero-order chi connectivity index (χ0) is 26.3. The van der Waals surface area contributed by atoms with Gasteiger partial charge in [-0.05, 0) is 45.6 Å². The molecule has 8 atom stereocenters. The van der Waals surface area contributed by atoms with Crippen LogP contribution in [-0.2, 0) is 38.1 Å². The van der Waals surface area contributed by atoms with Crippen molar-refractivity contribution in [3.8, 4) is 0 Å². The third kappa shape index (κ3) is 4.75. The minimum atomic E-state index is -1.94. The summed E-state index contributed by atoms with van der Waals surface area (Å²) >= 11 is 0. The van der Waals surface area contributed by atoms with E-state index >= 15 is 0 Å². The molecular weight excluding hydrogens is 456 g/mol. The Morgan fingerprint density at radius 3 is 2.06 bits per heavy atom. The lowest BCUT2D eigenvalue weighted by Crippen LogP contribution is -2.65. The molecule has 2 aliphatic carbocycles. The Labute approximate surface area is 205 Å². The third-order valence-electron chi connectivity index (χ3n) is 7.88. The van der Waals surface area contributed by atoms with E-state index in [0.717, 1.165) is 5.57 Å². The van der Waals surface area contributed by atoms with Gasteiger partial charge < -0.3 is 24.1 Å². The second-order valence-corrected chi connectivity index (χ2v) is 10.3. The van der Waals surface area contributed by atoms with Crippen molar-refractivity contribution < 1.29 is 43.2 Å². The number of esters is 4.